The summed E-state index contributed by atoms with van der Waals surface area (Å²) in [4.78, 5) is 14.1. The molecule has 0 unspecified atom stereocenters. The SMILES string of the molecule is CCOC(=O)[C@H]1CC(O)(O)CCN1[C@@H](C)c1ccccc1. The Bertz CT molecular complexity index is 474. The molecule has 0 aromatic heterocycles. The van der Waals surface area contributed by atoms with Crippen molar-refractivity contribution in [1.29, 1.82) is 0 Å². The van der Waals surface area contributed by atoms with Crippen molar-refractivity contribution in [2.24, 2.45) is 0 Å². The summed E-state index contributed by atoms with van der Waals surface area (Å²) < 4.78 is 5.09. The Kier molecular flexibility index (Phi) is 4.98. The number of hydrogen-bond donors (Lipinski definition) is 2. The van der Waals surface area contributed by atoms with Gasteiger partial charge >= 0.3 is 5.97 Å². The molecule has 21 heavy (non-hydrogen) atoms. The van der Waals surface area contributed by atoms with Crippen molar-refractivity contribution in [2.45, 2.75) is 44.6 Å². The zero-order chi connectivity index (χ0) is 15.5. The highest BCUT2D eigenvalue weighted by Gasteiger charge is 2.42. The van der Waals surface area contributed by atoms with E-state index in [0.29, 0.717) is 6.54 Å². The van der Waals surface area contributed by atoms with Crippen molar-refractivity contribution < 1.29 is 19.7 Å². The summed E-state index contributed by atoms with van der Waals surface area (Å²) in [6.07, 6.45) is 0.198. The quantitative estimate of drug-likeness (QED) is 0.649. The van der Waals surface area contributed by atoms with Gasteiger partial charge in [-0.05, 0) is 19.4 Å². The molecule has 0 bridgehead atoms. The zero-order valence-corrected chi connectivity index (χ0v) is 12.5. The number of esters is 1. The maximum absolute atomic E-state index is 12.1. The minimum Gasteiger partial charge on any atom is -0.465 e. The van der Waals surface area contributed by atoms with Gasteiger partial charge in [-0.25, -0.2) is 0 Å². The molecule has 1 aliphatic rings. The normalized spacial score (nSPS) is 23.5. The number of hydrogen-bond acceptors (Lipinski definition) is 5. The van der Waals surface area contributed by atoms with E-state index in [1.54, 1.807) is 6.92 Å². The predicted octanol–water partition coefficient (Wildman–Crippen LogP) is 1.46. The van der Waals surface area contributed by atoms with Crippen molar-refractivity contribution in [3.05, 3.63) is 35.9 Å². The molecule has 5 nitrogen and oxygen atoms in total. The molecule has 2 atom stereocenters. The highest BCUT2D eigenvalue weighted by molar-refractivity contribution is 5.76. The van der Waals surface area contributed by atoms with E-state index in [-0.39, 0.29) is 25.5 Å². The van der Waals surface area contributed by atoms with Gasteiger partial charge in [0.15, 0.2) is 5.79 Å². The van der Waals surface area contributed by atoms with Crippen molar-refractivity contribution in [3.8, 4) is 0 Å². The summed E-state index contributed by atoms with van der Waals surface area (Å²) in [5, 5.41) is 19.7. The van der Waals surface area contributed by atoms with Gasteiger partial charge in [0, 0.05) is 25.4 Å². The van der Waals surface area contributed by atoms with Crippen LogP contribution in [-0.4, -0.2) is 46.1 Å². The highest BCUT2D eigenvalue weighted by atomic mass is 16.5. The van der Waals surface area contributed by atoms with Crippen molar-refractivity contribution >= 4 is 5.97 Å². The average Bonchev–Trinajstić information content (AvgIpc) is 2.47. The fourth-order valence-electron chi connectivity index (χ4n) is 2.84. The Morgan fingerprint density at radius 2 is 2.10 bits per heavy atom. The Morgan fingerprint density at radius 3 is 2.71 bits per heavy atom. The summed E-state index contributed by atoms with van der Waals surface area (Å²) >= 11 is 0. The minimum atomic E-state index is -1.80. The number of piperidine rings is 1. The van der Waals surface area contributed by atoms with Crippen LogP contribution in [0.1, 0.15) is 38.3 Å². The lowest BCUT2D eigenvalue weighted by Crippen LogP contribution is -2.54. The predicted molar refractivity (Wildman–Crippen MR) is 78.4 cm³/mol. The lowest BCUT2D eigenvalue weighted by atomic mass is 9.93. The Hall–Kier alpha value is -1.43. The third-order valence-corrected chi connectivity index (χ3v) is 4.03. The molecule has 1 aromatic carbocycles. The molecule has 2 rings (SSSR count). The zero-order valence-electron chi connectivity index (χ0n) is 12.5. The van der Waals surface area contributed by atoms with Crippen molar-refractivity contribution in [3.63, 3.8) is 0 Å². The Balaban J connectivity index is 2.20. The molecule has 1 aromatic rings. The number of carbonyl (C=O) groups is 1. The van der Waals surface area contributed by atoms with E-state index < -0.39 is 17.8 Å². The van der Waals surface area contributed by atoms with Crippen LogP contribution in [0.15, 0.2) is 30.3 Å². The molecule has 2 N–H and O–H groups in total. The smallest absolute Gasteiger partial charge is 0.323 e. The van der Waals surface area contributed by atoms with Crippen LogP contribution in [0.4, 0.5) is 0 Å². The van der Waals surface area contributed by atoms with Gasteiger partial charge in [0.25, 0.3) is 0 Å². The van der Waals surface area contributed by atoms with Gasteiger partial charge in [-0.2, -0.15) is 0 Å². The van der Waals surface area contributed by atoms with Gasteiger partial charge in [0.2, 0.25) is 0 Å². The van der Waals surface area contributed by atoms with Crippen LogP contribution in [0.25, 0.3) is 0 Å². The molecule has 0 amide bonds. The number of nitrogens with zero attached hydrogens (tertiary/aromatic N) is 1. The van der Waals surface area contributed by atoms with E-state index in [0.717, 1.165) is 5.56 Å². The molecule has 1 fully saturated rings. The van der Waals surface area contributed by atoms with Crippen LogP contribution in [0, 0.1) is 0 Å². The van der Waals surface area contributed by atoms with Crippen LogP contribution < -0.4 is 0 Å². The third-order valence-electron chi connectivity index (χ3n) is 4.03. The van der Waals surface area contributed by atoms with Crippen LogP contribution in [0.5, 0.6) is 0 Å². The van der Waals surface area contributed by atoms with Gasteiger partial charge in [-0.1, -0.05) is 30.3 Å². The van der Waals surface area contributed by atoms with E-state index in [4.69, 9.17) is 4.74 Å². The molecule has 0 spiro atoms. The summed E-state index contributed by atoms with van der Waals surface area (Å²) in [7, 11) is 0. The molecule has 0 aliphatic carbocycles. The topological polar surface area (TPSA) is 70.0 Å². The monoisotopic (exact) mass is 293 g/mol. The molecule has 116 valence electrons. The van der Waals surface area contributed by atoms with Gasteiger partial charge in [0.1, 0.15) is 6.04 Å². The maximum Gasteiger partial charge on any atom is 0.323 e. The Labute approximate surface area is 125 Å². The van der Waals surface area contributed by atoms with Gasteiger partial charge < -0.3 is 14.9 Å². The van der Waals surface area contributed by atoms with E-state index in [2.05, 4.69) is 0 Å². The van der Waals surface area contributed by atoms with E-state index >= 15 is 0 Å². The van der Waals surface area contributed by atoms with Crippen LogP contribution in [-0.2, 0) is 9.53 Å². The van der Waals surface area contributed by atoms with Crippen molar-refractivity contribution in [1.82, 2.24) is 4.90 Å². The lowest BCUT2D eigenvalue weighted by molar-refractivity contribution is -0.210. The molecular formula is C16H23NO4. The Morgan fingerprint density at radius 1 is 1.43 bits per heavy atom. The van der Waals surface area contributed by atoms with Gasteiger partial charge in [-0.15, -0.1) is 0 Å². The number of aliphatic hydroxyl groups is 2. The second kappa shape index (κ2) is 6.56. The molecule has 0 saturated carbocycles. The number of benzene rings is 1. The van der Waals surface area contributed by atoms with Gasteiger partial charge in [0.05, 0.1) is 6.61 Å². The van der Waals surface area contributed by atoms with E-state index in [1.807, 2.05) is 42.2 Å². The van der Waals surface area contributed by atoms with Gasteiger partial charge in [-0.3, -0.25) is 9.69 Å². The number of ether oxygens (including phenoxy) is 1. The molecule has 1 heterocycles. The van der Waals surface area contributed by atoms with E-state index in [9.17, 15) is 15.0 Å². The highest BCUT2D eigenvalue weighted by Crippen LogP contribution is 2.32. The van der Waals surface area contributed by atoms with Crippen LogP contribution >= 0.6 is 0 Å². The van der Waals surface area contributed by atoms with E-state index in [1.165, 1.54) is 0 Å². The minimum absolute atomic E-state index is 0.0108. The lowest BCUT2D eigenvalue weighted by Gasteiger charge is -2.43. The summed E-state index contributed by atoms with van der Waals surface area (Å²) in [6.45, 7) is 4.49. The fourth-order valence-corrected chi connectivity index (χ4v) is 2.84. The second-order valence-electron chi connectivity index (χ2n) is 5.53. The first-order valence-electron chi connectivity index (χ1n) is 7.36. The first kappa shape index (κ1) is 15.9. The molecule has 1 aliphatic heterocycles. The number of rotatable bonds is 4. The average molecular weight is 293 g/mol. The number of likely N-dealkylation sites (tertiary alicyclic amines) is 1. The van der Waals surface area contributed by atoms with Crippen LogP contribution in [0.3, 0.4) is 0 Å². The molecule has 0 radical (unpaired) electrons. The fraction of sp³-hybridized carbons (Fsp3) is 0.562. The largest absolute Gasteiger partial charge is 0.465 e. The standard InChI is InChI=1S/C16H23NO4/c1-3-21-15(18)14-11-16(19,20)9-10-17(14)12(2)13-7-5-4-6-8-13/h4-8,12,14,19-20H,3,9-11H2,1-2H3/t12-,14+/m0/s1. The van der Waals surface area contributed by atoms with Crippen molar-refractivity contribution in [2.75, 3.05) is 13.2 Å². The molecule has 1 saturated heterocycles. The number of carbonyl (C=O) groups excluding carboxylic acids is 1. The van der Waals surface area contributed by atoms with Crippen LogP contribution in [0.2, 0.25) is 0 Å². The third kappa shape index (κ3) is 3.81. The second-order valence-corrected chi connectivity index (χ2v) is 5.53. The maximum atomic E-state index is 12.1. The molecule has 5 heteroatoms. The first-order chi connectivity index (χ1) is 9.94. The summed E-state index contributed by atoms with van der Waals surface area (Å²) in [6, 6.07) is 9.25. The summed E-state index contributed by atoms with van der Waals surface area (Å²) in [5.41, 5.74) is 1.09. The molecular weight excluding hydrogens is 270 g/mol. The first-order valence-corrected chi connectivity index (χ1v) is 7.36. The summed E-state index contributed by atoms with van der Waals surface area (Å²) in [5.74, 6) is -2.20.